The average Bonchev–Trinajstić information content (AvgIpc) is 3.08. The van der Waals surface area contributed by atoms with Crippen molar-refractivity contribution in [2.45, 2.75) is 19.4 Å². The van der Waals surface area contributed by atoms with E-state index in [9.17, 15) is 14.7 Å². The molecule has 3 rings (SSSR count). The van der Waals surface area contributed by atoms with Crippen LogP contribution in [0.15, 0.2) is 18.2 Å². The van der Waals surface area contributed by atoms with E-state index in [-0.39, 0.29) is 21.9 Å². The quantitative estimate of drug-likeness (QED) is 0.895. The zero-order valence-electron chi connectivity index (χ0n) is 12.3. The zero-order valence-corrected chi connectivity index (χ0v) is 13.1. The average molecular weight is 336 g/mol. The fourth-order valence-corrected chi connectivity index (χ4v) is 2.82. The molecule has 7 nitrogen and oxygen atoms in total. The van der Waals surface area contributed by atoms with E-state index in [1.165, 1.54) is 19.2 Å². The predicted molar refractivity (Wildman–Crippen MR) is 83.5 cm³/mol. The Labute approximate surface area is 136 Å². The lowest BCUT2D eigenvalue weighted by atomic mass is 10.1. The molecule has 0 saturated heterocycles. The van der Waals surface area contributed by atoms with Crippen LogP contribution in [-0.4, -0.2) is 33.9 Å². The number of nitrogens with one attached hydrogen (secondary N) is 1. The summed E-state index contributed by atoms with van der Waals surface area (Å²) in [7, 11) is 1.39. The van der Waals surface area contributed by atoms with Crippen molar-refractivity contribution in [2.75, 3.05) is 12.4 Å². The molecular formula is C15H14ClN3O4. The lowest BCUT2D eigenvalue weighted by Gasteiger charge is -2.10. The minimum Gasteiger partial charge on any atom is -0.497 e. The van der Waals surface area contributed by atoms with Crippen LogP contribution in [-0.2, 0) is 13.0 Å². The highest BCUT2D eigenvalue weighted by Crippen LogP contribution is 2.28. The molecule has 0 bridgehead atoms. The third-order valence-electron chi connectivity index (χ3n) is 3.66. The van der Waals surface area contributed by atoms with Crippen molar-refractivity contribution in [3.63, 3.8) is 0 Å². The smallest absolute Gasteiger partial charge is 0.337 e. The number of carboxylic acid groups (broad SMARTS) is 1. The molecule has 0 atom stereocenters. The first-order chi connectivity index (χ1) is 11.0. The van der Waals surface area contributed by atoms with Crippen molar-refractivity contribution in [1.82, 2.24) is 9.78 Å². The topological polar surface area (TPSA) is 93.5 Å². The molecule has 0 spiro atoms. The number of benzene rings is 1. The molecule has 23 heavy (non-hydrogen) atoms. The van der Waals surface area contributed by atoms with E-state index >= 15 is 0 Å². The van der Waals surface area contributed by atoms with Gasteiger partial charge < -0.3 is 15.2 Å². The Balaban J connectivity index is 1.91. The number of rotatable bonds is 4. The maximum absolute atomic E-state index is 12.4. The van der Waals surface area contributed by atoms with Crippen LogP contribution in [0, 0.1) is 0 Å². The van der Waals surface area contributed by atoms with Crippen molar-refractivity contribution in [2.24, 2.45) is 0 Å². The van der Waals surface area contributed by atoms with Crippen LogP contribution in [0.5, 0.6) is 5.75 Å². The number of carboxylic acids is 1. The molecule has 0 saturated carbocycles. The highest BCUT2D eigenvalue weighted by molar-refractivity contribution is 6.37. The summed E-state index contributed by atoms with van der Waals surface area (Å²) in [6, 6.07) is 4.47. The highest BCUT2D eigenvalue weighted by atomic mass is 35.5. The van der Waals surface area contributed by atoms with Crippen LogP contribution in [0.1, 0.15) is 32.8 Å². The van der Waals surface area contributed by atoms with Gasteiger partial charge in [0.1, 0.15) is 5.75 Å². The van der Waals surface area contributed by atoms with E-state index < -0.39 is 11.9 Å². The summed E-state index contributed by atoms with van der Waals surface area (Å²) in [5.74, 6) is -1.11. The Morgan fingerprint density at radius 2 is 2.09 bits per heavy atom. The molecule has 0 unspecified atom stereocenters. The summed E-state index contributed by atoms with van der Waals surface area (Å²) < 4.78 is 6.87. The van der Waals surface area contributed by atoms with Crippen molar-refractivity contribution in [3.8, 4) is 5.75 Å². The monoisotopic (exact) mass is 335 g/mol. The molecule has 0 aliphatic carbocycles. The molecular weight excluding hydrogens is 322 g/mol. The number of amides is 1. The lowest BCUT2D eigenvalue weighted by Crippen LogP contribution is -2.15. The number of nitrogens with zero attached hydrogens (tertiary/aromatic N) is 2. The number of carbonyl (C=O) groups is 2. The van der Waals surface area contributed by atoms with Crippen molar-refractivity contribution < 1.29 is 19.4 Å². The largest absolute Gasteiger partial charge is 0.497 e. The molecule has 8 heteroatoms. The molecule has 2 aromatic rings. The van der Waals surface area contributed by atoms with E-state index in [2.05, 4.69) is 10.4 Å². The van der Waals surface area contributed by atoms with E-state index in [1.807, 2.05) is 4.68 Å². The molecule has 0 fully saturated rings. The minimum atomic E-state index is -1.23. The second-order valence-electron chi connectivity index (χ2n) is 5.14. The standard InChI is InChI=1S/C15H14ClN3O4/c1-23-9-6-10(13(16)11(7-9)15(21)22)14(20)17-12-5-8-3-2-4-19(8)18-12/h5-7H,2-4H2,1H3,(H,21,22)(H,17,18,20). The number of ether oxygens (including phenoxy) is 1. The molecule has 1 amide bonds. The van der Waals surface area contributed by atoms with Gasteiger partial charge >= 0.3 is 5.97 Å². The number of carbonyl (C=O) groups excluding carboxylic acids is 1. The molecule has 2 heterocycles. The van der Waals surface area contributed by atoms with Crippen LogP contribution in [0.3, 0.4) is 0 Å². The van der Waals surface area contributed by atoms with Crippen LogP contribution in [0.2, 0.25) is 5.02 Å². The number of aryl methyl sites for hydroxylation is 2. The van der Waals surface area contributed by atoms with Crippen molar-refractivity contribution in [1.29, 1.82) is 0 Å². The number of methoxy groups -OCH3 is 1. The first-order valence-electron chi connectivity index (χ1n) is 6.98. The third kappa shape index (κ3) is 2.87. The van der Waals surface area contributed by atoms with Gasteiger partial charge in [-0.1, -0.05) is 11.6 Å². The van der Waals surface area contributed by atoms with Gasteiger partial charge in [-0.05, 0) is 25.0 Å². The molecule has 0 radical (unpaired) electrons. The van der Waals surface area contributed by atoms with E-state index in [4.69, 9.17) is 16.3 Å². The summed E-state index contributed by atoms with van der Waals surface area (Å²) in [6.45, 7) is 0.828. The molecule has 1 aromatic carbocycles. The van der Waals surface area contributed by atoms with Gasteiger partial charge in [0.2, 0.25) is 0 Å². The van der Waals surface area contributed by atoms with Gasteiger partial charge in [0.25, 0.3) is 5.91 Å². The van der Waals surface area contributed by atoms with Gasteiger partial charge in [-0.3, -0.25) is 9.48 Å². The van der Waals surface area contributed by atoms with Crippen LogP contribution >= 0.6 is 11.6 Å². The Bertz CT molecular complexity index is 779. The van der Waals surface area contributed by atoms with Crippen LogP contribution < -0.4 is 10.1 Å². The highest BCUT2D eigenvalue weighted by Gasteiger charge is 2.21. The van der Waals surface area contributed by atoms with Gasteiger partial charge in [-0.2, -0.15) is 5.10 Å². The van der Waals surface area contributed by atoms with E-state index in [1.54, 1.807) is 6.07 Å². The van der Waals surface area contributed by atoms with Crippen LogP contribution in [0.25, 0.3) is 0 Å². The Morgan fingerprint density at radius 3 is 2.74 bits per heavy atom. The predicted octanol–water partition coefficient (Wildman–Crippen LogP) is 2.44. The normalized spacial score (nSPS) is 12.8. The first-order valence-corrected chi connectivity index (χ1v) is 7.36. The lowest BCUT2D eigenvalue weighted by molar-refractivity contribution is 0.0696. The first kappa shape index (κ1) is 15.4. The molecule has 120 valence electrons. The van der Waals surface area contributed by atoms with E-state index in [0.29, 0.717) is 5.82 Å². The van der Waals surface area contributed by atoms with Crippen molar-refractivity contribution >= 4 is 29.3 Å². The maximum atomic E-state index is 12.4. The Hall–Kier alpha value is -2.54. The number of aromatic nitrogens is 2. The summed E-state index contributed by atoms with van der Waals surface area (Å²) in [5.41, 5.74) is 0.892. The van der Waals surface area contributed by atoms with Gasteiger partial charge in [-0.25, -0.2) is 4.79 Å². The number of aromatic carboxylic acids is 1. The number of halogens is 1. The molecule has 1 aliphatic heterocycles. The summed E-state index contributed by atoms with van der Waals surface area (Å²) >= 11 is 6.05. The zero-order chi connectivity index (χ0) is 16.6. The summed E-state index contributed by atoms with van der Waals surface area (Å²) in [5, 5.41) is 16.0. The second-order valence-corrected chi connectivity index (χ2v) is 5.52. The molecule has 2 N–H and O–H groups in total. The number of hydrogen-bond acceptors (Lipinski definition) is 4. The van der Waals surface area contributed by atoms with Gasteiger partial charge in [0, 0.05) is 18.3 Å². The fourth-order valence-electron chi connectivity index (χ4n) is 2.54. The Morgan fingerprint density at radius 1 is 1.35 bits per heavy atom. The van der Waals surface area contributed by atoms with Gasteiger partial charge in [-0.15, -0.1) is 0 Å². The van der Waals surface area contributed by atoms with Crippen LogP contribution in [0.4, 0.5) is 5.82 Å². The number of hydrogen-bond donors (Lipinski definition) is 2. The summed E-state index contributed by atoms with van der Waals surface area (Å²) in [4.78, 5) is 23.6. The molecule has 1 aromatic heterocycles. The van der Waals surface area contributed by atoms with Gasteiger partial charge in [0.15, 0.2) is 5.82 Å². The van der Waals surface area contributed by atoms with E-state index in [0.717, 1.165) is 25.1 Å². The summed E-state index contributed by atoms with van der Waals surface area (Å²) in [6.07, 6.45) is 1.96. The maximum Gasteiger partial charge on any atom is 0.337 e. The van der Waals surface area contributed by atoms with Gasteiger partial charge in [0.05, 0.1) is 23.3 Å². The fraction of sp³-hybridized carbons (Fsp3) is 0.267. The van der Waals surface area contributed by atoms with Crippen molar-refractivity contribution in [3.05, 3.63) is 40.0 Å². The number of anilines is 1. The SMILES string of the molecule is COc1cc(C(=O)O)c(Cl)c(C(=O)Nc2cc3n(n2)CCC3)c1. The second kappa shape index (κ2) is 5.92. The molecule has 1 aliphatic rings. The number of fused-ring (bicyclic) bond motifs is 1. The Kier molecular flexibility index (Phi) is 3.96. The minimum absolute atomic E-state index is 0.0246. The third-order valence-corrected chi connectivity index (χ3v) is 4.07.